The van der Waals surface area contributed by atoms with E-state index in [1.165, 1.54) is 11.9 Å². The van der Waals surface area contributed by atoms with Gasteiger partial charge in [-0.1, -0.05) is 0 Å². The third kappa shape index (κ3) is 4.58. The fourth-order valence-corrected chi connectivity index (χ4v) is 1.70. The third-order valence-corrected chi connectivity index (χ3v) is 3.11. The van der Waals surface area contributed by atoms with E-state index in [0.29, 0.717) is 25.8 Å². The molecular weight excluding hydrogens is 227 g/mol. The van der Waals surface area contributed by atoms with Crippen LogP contribution in [0.3, 0.4) is 0 Å². The summed E-state index contributed by atoms with van der Waals surface area (Å²) in [6, 6.07) is -0.353. The Bertz CT molecular complexity index is 292. The van der Waals surface area contributed by atoms with Crippen LogP contribution in [-0.4, -0.2) is 47.8 Å². The van der Waals surface area contributed by atoms with Gasteiger partial charge in [-0.2, -0.15) is 0 Å². The third-order valence-electron chi connectivity index (χ3n) is 3.11. The molecule has 0 aliphatic heterocycles. The van der Waals surface area contributed by atoms with Gasteiger partial charge in [-0.15, -0.1) is 0 Å². The number of nitrogens with one attached hydrogen (secondary N) is 1. The van der Waals surface area contributed by atoms with Crippen molar-refractivity contribution in [1.29, 1.82) is 0 Å². The van der Waals surface area contributed by atoms with Gasteiger partial charge >= 0.3 is 12.0 Å². The van der Waals surface area contributed by atoms with Crippen LogP contribution in [0, 0.1) is 0 Å². The van der Waals surface area contributed by atoms with Crippen molar-refractivity contribution < 1.29 is 19.1 Å². The zero-order chi connectivity index (χ0) is 12.9. The number of hydrogen-bond donors (Lipinski definition) is 2. The molecule has 5 nitrogen and oxygen atoms in total. The minimum absolute atomic E-state index is 0.0863. The summed E-state index contributed by atoms with van der Waals surface area (Å²) in [6.45, 7) is 0.453. The highest BCUT2D eigenvalue weighted by molar-refractivity contribution is 5.74. The van der Waals surface area contributed by atoms with Crippen molar-refractivity contribution >= 4 is 12.0 Å². The molecule has 6 heteroatoms. The summed E-state index contributed by atoms with van der Waals surface area (Å²) in [7, 11) is 1.52. The van der Waals surface area contributed by atoms with Gasteiger partial charge in [0, 0.05) is 20.1 Å². The number of hydrogen-bond acceptors (Lipinski definition) is 2. The smallest absolute Gasteiger partial charge is 0.317 e. The Kier molecular flexibility index (Phi) is 4.72. The zero-order valence-corrected chi connectivity index (χ0v) is 10.0. The quantitative estimate of drug-likeness (QED) is 0.744. The molecule has 0 saturated heterocycles. The molecule has 0 bridgehead atoms. The van der Waals surface area contributed by atoms with Crippen molar-refractivity contribution in [3.05, 3.63) is 0 Å². The van der Waals surface area contributed by atoms with Gasteiger partial charge in [-0.25, -0.2) is 9.18 Å². The van der Waals surface area contributed by atoms with Crippen molar-refractivity contribution in [2.45, 2.75) is 37.8 Å². The maximum atomic E-state index is 13.6. The molecule has 1 rings (SSSR count). The lowest BCUT2D eigenvalue weighted by Crippen LogP contribution is -2.42. The van der Waals surface area contributed by atoms with Crippen LogP contribution in [0.4, 0.5) is 9.18 Å². The Morgan fingerprint density at radius 2 is 2.12 bits per heavy atom. The molecular formula is C11H19FN2O3. The van der Waals surface area contributed by atoms with Gasteiger partial charge < -0.3 is 15.3 Å². The van der Waals surface area contributed by atoms with Gasteiger partial charge in [0.15, 0.2) is 0 Å². The number of rotatable bonds is 6. The average Bonchev–Trinajstić information content (AvgIpc) is 2.23. The molecule has 0 unspecified atom stereocenters. The summed E-state index contributed by atoms with van der Waals surface area (Å²) in [5.41, 5.74) is -1.09. The second kappa shape index (κ2) is 5.84. The lowest BCUT2D eigenvalue weighted by Gasteiger charge is -2.33. The number of aliphatic carboxylic acids is 1. The van der Waals surface area contributed by atoms with Crippen molar-refractivity contribution in [2.75, 3.05) is 20.1 Å². The van der Waals surface area contributed by atoms with E-state index in [2.05, 4.69) is 5.32 Å². The molecule has 0 aromatic carbocycles. The molecule has 98 valence electrons. The second-order valence-corrected chi connectivity index (χ2v) is 4.55. The van der Waals surface area contributed by atoms with Crippen molar-refractivity contribution in [3.8, 4) is 0 Å². The number of carbonyl (C=O) groups is 2. The van der Waals surface area contributed by atoms with E-state index in [1.807, 2.05) is 0 Å². The molecule has 0 aromatic rings. The summed E-state index contributed by atoms with van der Waals surface area (Å²) < 4.78 is 13.6. The van der Waals surface area contributed by atoms with Crippen LogP contribution in [0.2, 0.25) is 0 Å². The topological polar surface area (TPSA) is 69.6 Å². The highest BCUT2D eigenvalue weighted by Gasteiger charge is 2.36. The fourth-order valence-electron chi connectivity index (χ4n) is 1.70. The Morgan fingerprint density at radius 3 is 2.59 bits per heavy atom. The summed E-state index contributed by atoms with van der Waals surface area (Å²) in [4.78, 5) is 23.0. The van der Waals surface area contributed by atoms with Gasteiger partial charge in [0.1, 0.15) is 5.67 Å². The zero-order valence-electron chi connectivity index (χ0n) is 10.0. The first-order valence-electron chi connectivity index (χ1n) is 5.83. The van der Waals surface area contributed by atoms with Crippen LogP contribution in [-0.2, 0) is 4.79 Å². The molecule has 1 aliphatic carbocycles. The second-order valence-electron chi connectivity index (χ2n) is 4.55. The first-order chi connectivity index (χ1) is 7.93. The highest BCUT2D eigenvalue weighted by atomic mass is 19.1. The Morgan fingerprint density at radius 1 is 1.47 bits per heavy atom. The lowest BCUT2D eigenvalue weighted by molar-refractivity contribution is -0.137. The Labute approximate surface area is 100.0 Å². The highest BCUT2D eigenvalue weighted by Crippen LogP contribution is 2.38. The molecule has 1 saturated carbocycles. The Balaban J connectivity index is 2.13. The fraction of sp³-hybridized carbons (Fsp3) is 0.818. The number of carbonyl (C=O) groups excluding carboxylic acids is 1. The standard InChI is InChI=1S/C11H19FN2O3/c1-14(8-3-9(15)16)10(17)13-7-6-11(12)4-2-5-11/h2-8H2,1H3,(H,13,17)(H,15,16). The molecule has 0 atom stereocenters. The number of nitrogens with zero attached hydrogens (tertiary/aromatic N) is 1. The van der Waals surface area contributed by atoms with Crippen LogP contribution >= 0.6 is 0 Å². The van der Waals surface area contributed by atoms with Crippen LogP contribution in [0.1, 0.15) is 32.1 Å². The van der Waals surface area contributed by atoms with Crippen LogP contribution in [0.25, 0.3) is 0 Å². The van der Waals surface area contributed by atoms with E-state index in [1.54, 1.807) is 0 Å². The molecule has 17 heavy (non-hydrogen) atoms. The number of carboxylic acid groups (broad SMARTS) is 1. The molecule has 0 aromatic heterocycles. The summed E-state index contributed by atoms with van der Waals surface area (Å²) in [6.07, 6.45) is 2.33. The largest absolute Gasteiger partial charge is 0.481 e. The number of halogens is 1. The van der Waals surface area contributed by atoms with Gasteiger partial charge in [0.05, 0.1) is 6.42 Å². The van der Waals surface area contributed by atoms with Gasteiger partial charge in [-0.05, 0) is 25.7 Å². The molecule has 1 aliphatic rings. The number of urea groups is 1. The van der Waals surface area contributed by atoms with Crippen LogP contribution in [0.15, 0.2) is 0 Å². The van der Waals surface area contributed by atoms with E-state index in [0.717, 1.165) is 6.42 Å². The van der Waals surface area contributed by atoms with Gasteiger partial charge in [0.25, 0.3) is 0 Å². The van der Waals surface area contributed by atoms with Crippen LogP contribution < -0.4 is 5.32 Å². The summed E-state index contributed by atoms with van der Waals surface area (Å²) in [5, 5.41) is 11.0. The van der Waals surface area contributed by atoms with Gasteiger partial charge in [0.2, 0.25) is 0 Å². The van der Waals surface area contributed by atoms with E-state index in [4.69, 9.17) is 5.11 Å². The molecule has 2 amide bonds. The van der Waals surface area contributed by atoms with Crippen molar-refractivity contribution in [2.24, 2.45) is 0 Å². The maximum Gasteiger partial charge on any atom is 0.317 e. The van der Waals surface area contributed by atoms with E-state index in [9.17, 15) is 14.0 Å². The van der Waals surface area contributed by atoms with E-state index in [-0.39, 0.29) is 19.0 Å². The Hall–Kier alpha value is -1.33. The summed E-state index contributed by atoms with van der Waals surface area (Å²) >= 11 is 0. The van der Waals surface area contributed by atoms with E-state index < -0.39 is 11.6 Å². The molecule has 1 fully saturated rings. The SMILES string of the molecule is CN(CCC(=O)O)C(=O)NCCC1(F)CCC1. The monoisotopic (exact) mass is 246 g/mol. The first kappa shape index (κ1) is 13.7. The van der Waals surface area contributed by atoms with Crippen LogP contribution in [0.5, 0.6) is 0 Å². The summed E-state index contributed by atoms with van der Waals surface area (Å²) in [5.74, 6) is -0.943. The molecule has 0 heterocycles. The van der Waals surface area contributed by atoms with E-state index >= 15 is 0 Å². The average molecular weight is 246 g/mol. The minimum atomic E-state index is -1.09. The number of carboxylic acids is 1. The minimum Gasteiger partial charge on any atom is -0.481 e. The number of alkyl halides is 1. The molecule has 0 spiro atoms. The predicted octanol–water partition coefficient (Wildman–Crippen LogP) is 1.38. The first-order valence-corrected chi connectivity index (χ1v) is 5.83. The van der Waals surface area contributed by atoms with Gasteiger partial charge in [-0.3, -0.25) is 4.79 Å². The normalized spacial score (nSPS) is 17.1. The maximum absolute atomic E-state index is 13.6. The molecule has 2 N–H and O–H groups in total. The lowest BCUT2D eigenvalue weighted by atomic mass is 9.80. The van der Waals surface area contributed by atoms with Crippen molar-refractivity contribution in [1.82, 2.24) is 10.2 Å². The molecule has 0 radical (unpaired) electrons. The van der Waals surface area contributed by atoms with Crippen molar-refractivity contribution in [3.63, 3.8) is 0 Å². The number of amides is 2. The predicted molar refractivity (Wildman–Crippen MR) is 60.6 cm³/mol.